The van der Waals surface area contributed by atoms with Crippen LogP contribution in [0.1, 0.15) is 35.7 Å². The minimum atomic E-state index is -0.476. The summed E-state index contributed by atoms with van der Waals surface area (Å²) in [5.74, 6) is 0.923. The van der Waals surface area contributed by atoms with Crippen LogP contribution in [0.3, 0.4) is 0 Å². The van der Waals surface area contributed by atoms with Crippen molar-refractivity contribution in [2.24, 2.45) is 0 Å². The lowest BCUT2D eigenvalue weighted by Crippen LogP contribution is -2.05. The molecular weight excluding hydrogens is 266 g/mol. The summed E-state index contributed by atoms with van der Waals surface area (Å²) in [5, 5.41) is 0. The van der Waals surface area contributed by atoms with E-state index in [0.29, 0.717) is 28.7 Å². The van der Waals surface area contributed by atoms with Crippen LogP contribution in [0.15, 0.2) is 42.5 Å². The molecule has 2 aromatic rings. The number of para-hydroxylation sites is 1. The topological polar surface area (TPSA) is 61.5 Å². The zero-order chi connectivity index (χ0) is 15.4. The van der Waals surface area contributed by atoms with Gasteiger partial charge in [0.15, 0.2) is 5.75 Å². The van der Waals surface area contributed by atoms with Gasteiger partial charge in [-0.05, 0) is 35.7 Å². The number of ether oxygens (including phenoxy) is 2. The van der Waals surface area contributed by atoms with Gasteiger partial charge in [0.1, 0.15) is 11.3 Å². The van der Waals surface area contributed by atoms with E-state index < -0.39 is 5.97 Å². The van der Waals surface area contributed by atoms with Crippen LogP contribution in [0.4, 0.5) is 5.69 Å². The zero-order valence-corrected chi connectivity index (χ0v) is 12.4. The second-order valence-electron chi connectivity index (χ2n) is 5.04. The molecule has 0 radical (unpaired) electrons. The van der Waals surface area contributed by atoms with Gasteiger partial charge in [0.05, 0.1) is 12.8 Å². The van der Waals surface area contributed by atoms with E-state index in [2.05, 4.69) is 13.8 Å². The van der Waals surface area contributed by atoms with Gasteiger partial charge in [0.2, 0.25) is 0 Å². The SMILES string of the molecule is COC(=O)c1cccc(N)c1Oc1ccc(C(C)C)cc1. The number of nitrogen functional groups attached to an aromatic ring is 1. The van der Waals surface area contributed by atoms with Crippen LogP contribution < -0.4 is 10.5 Å². The average Bonchev–Trinajstić information content (AvgIpc) is 2.49. The number of hydrogen-bond donors (Lipinski definition) is 1. The lowest BCUT2D eigenvalue weighted by molar-refractivity contribution is 0.0598. The third-order valence-electron chi connectivity index (χ3n) is 3.22. The van der Waals surface area contributed by atoms with Gasteiger partial charge in [0.25, 0.3) is 0 Å². The molecule has 4 heteroatoms. The largest absolute Gasteiger partial charge is 0.465 e. The zero-order valence-electron chi connectivity index (χ0n) is 12.4. The van der Waals surface area contributed by atoms with Crippen LogP contribution >= 0.6 is 0 Å². The molecule has 0 saturated carbocycles. The summed E-state index contributed by atoms with van der Waals surface area (Å²) >= 11 is 0. The molecule has 0 spiro atoms. The van der Waals surface area contributed by atoms with Crippen molar-refractivity contribution in [2.45, 2.75) is 19.8 Å². The molecule has 0 aliphatic heterocycles. The number of benzene rings is 2. The third-order valence-corrected chi connectivity index (χ3v) is 3.22. The average molecular weight is 285 g/mol. The second kappa shape index (κ2) is 6.31. The minimum absolute atomic E-state index is 0.311. The lowest BCUT2D eigenvalue weighted by atomic mass is 10.0. The van der Waals surface area contributed by atoms with E-state index in [1.165, 1.54) is 12.7 Å². The predicted octanol–water partition coefficient (Wildman–Crippen LogP) is 3.97. The number of hydrogen-bond acceptors (Lipinski definition) is 4. The molecule has 110 valence electrons. The first-order valence-corrected chi connectivity index (χ1v) is 6.77. The first-order chi connectivity index (χ1) is 10.0. The molecule has 0 saturated heterocycles. The van der Waals surface area contributed by atoms with Crippen molar-refractivity contribution in [3.8, 4) is 11.5 Å². The van der Waals surface area contributed by atoms with Crippen molar-refractivity contribution >= 4 is 11.7 Å². The highest BCUT2D eigenvalue weighted by Crippen LogP contribution is 2.32. The van der Waals surface area contributed by atoms with Crippen molar-refractivity contribution in [1.29, 1.82) is 0 Å². The highest BCUT2D eigenvalue weighted by atomic mass is 16.5. The van der Waals surface area contributed by atoms with Crippen LogP contribution in [0, 0.1) is 0 Å². The van der Waals surface area contributed by atoms with Crippen LogP contribution in [0.5, 0.6) is 11.5 Å². The summed E-state index contributed by atoms with van der Waals surface area (Å²) in [6.45, 7) is 4.25. The van der Waals surface area contributed by atoms with E-state index in [1.54, 1.807) is 18.2 Å². The van der Waals surface area contributed by atoms with Crippen LogP contribution in [-0.4, -0.2) is 13.1 Å². The summed E-state index contributed by atoms with van der Waals surface area (Å²) in [4.78, 5) is 11.8. The van der Waals surface area contributed by atoms with Gasteiger partial charge in [-0.2, -0.15) is 0 Å². The van der Waals surface area contributed by atoms with Crippen molar-refractivity contribution in [3.05, 3.63) is 53.6 Å². The first-order valence-electron chi connectivity index (χ1n) is 6.77. The summed E-state index contributed by atoms with van der Waals surface area (Å²) in [6, 6.07) is 12.7. The molecule has 0 unspecified atom stereocenters. The number of nitrogens with two attached hydrogens (primary N) is 1. The molecule has 0 aromatic heterocycles. The maximum absolute atomic E-state index is 11.8. The molecule has 0 amide bonds. The first kappa shape index (κ1) is 14.9. The standard InChI is InChI=1S/C17H19NO3/c1-11(2)12-7-9-13(10-8-12)21-16-14(17(19)20-3)5-4-6-15(16)18/h4-11H,18H2,1-3H3. The quantitative estimate of drug-likeness (QED) is 0.682. The molecule has 2 rings (SSSR count). The Bertz CT molecular complexity index is 633. The molecule has 0 aliphatic carbocycles. The molecular formula is C17H19NO3. The van der Waals surface area contributed by atoms with E-state index >= 15 is 0 Å². The molecule has 0 bridgehead atoms. The Hall–Kier alpha value is -2.49. The molecule has 0 atom stereocenters. The highest BCUT2D eigenvalue weighted by Gasteiger charge is 2.16. The highest BCUT2D eigenvalue weighted by molar-refractivity contribution is 5.94. The summed E-state index contributed by atoms with van der Waals surface area (Å²) in [5.41, 5.74) is 7.83. The van der Waals surface area contributed by atoms with Gasteiger partial charge in [-0.3, -0.25) is 0 Å². The number of methoxy groups -OCH3 is 1. The molecule has 21 heavy (non-hydrogen) atoms. The van der Waals surface area contributed by atoms with Gasteiger partial charge in [-0.25, -0.2) is 4.79 Å². The monoisotopic (exact) mass is 285 g/mol. The Labute approximate surface area is 124 Å². The smallest absolute Gasteiger partial charge is 0.341 e. The van der Waals surface area contributed by atoms with Crippen LogP contribution in [0.25, 0.3) is 0 Å². The normalized spacial score (nSPS) is 10.5. The van der Waals surface area contributed by atoms with E-state index in [-0.39, 0.29) is 0 Å². The van der Waals surface area contributed by atoms with Crippen LogP contribution in [-0.2, 0) is 4.74 Å². The fourth-order valence-electron chi connectivity index (χ4n) is 1.98. The van der Waals surface area contributed by atoms with Crippen molar-refractivity contribution in [1.82, 2.24) is 0 Å². The third kappa shape index (κ3) is 3.34. The van der Waals surface area contributed by atoms with Gasteiger partial charge in [0, 0.05) is 0 Å². The van der Waals surface area contributed by atoms with Gasteiger partial charge in [-0.1, -0.05) is 32.0 Å². The molecule has 2 N–H and O–H groups in total. The second-order valence-corrected chi connectivity index (χ2v) is 5.04. The summed E-state index contributed by atoms with van der Waals surface area (Å²) < 4.78 is 10.5. The van der Waals surface area contributed by atoms with Gasteiger partial charge < -0.3 is 15.2 Å². The van der Waals surface area contributed by atoms with E-state index in [0.717, 1.165) is 0 Å². The van der Waals surface area contributed by atoms with E-state index in [4.69, 9.17) is 15.2 Å². The van der Waals surface area contributed by atoms with Gasteiger partial charge >= 0.3 is 5.97 Å². The Kier molecular flexibility index (Phi) is 4.48. The Morgan fingerprint density at radius 3 is 2.33 bits per heavy atom. The number of esters is 1. The fourth-order valence-corrected chi connectivity index (χ4v) is 1.98. The van der Waals surface area contributed by atoms with Gasteiger partial charge in [-0.15, -0.1) is 0 Å². The predicted molar refractivity (Wildman–Crippen MR) is 82.8 cm³/mol. The maximum Gasteiger partial charge on any atom is 0.341 e. The Morgan fingerprint density at radius 2 is 1.76 bits per heavy atom. The lowest BCUT2D eigenvalue weighted by Gasteiger charge is -2.13. The van der Waals surface area contributed by atoms with E-state index in [1.807, 2.05) is 24.3 Å². The Morgan fingerprint density at radius 1 is 1.10 bits per heavy atom. The molecule has 2 aromatic carbocycles. The number of rotatable bonds is 4. The Balaban J connectivity index is 2.32. The van der Waals surface area contributed by atoms with Crippen molar-refractivity contribution in [2.75, 3.05) is 12.8 Å². The maximum atomic E-state index is 11.8. The molecule has 0 fully saturated rings. The van der Waals surface area contributed by atoms with Crippen molar-refractivity contribution < 1.29 is 14.3 Å². The number of carbonyl (C=O) groups is 1. The summed E-state index contributed by atoms with van der Waals surface area (Å²) in [7, 11) is 1.33. The minimum Gasteiger partial charge on any atom is -0.465 e. The number of carbonyl (C=O) groups excluding carboxylic acids is 1. The molecule has 0 aliphatic rings. The summed E-state index contributed by atoms with van der Waals surface area (Å²) in [6.07, 6.45) is 0. The van der Waals surface area contributed by atoms with Crippen molar-refractivity contribution in [3.63, 3.8) is 0 Å². The number of anilines is 1. The van der Waals surface area contributed by atoms with E-state index in [9.17, 15) is 4.79 Å². The molecule has 4 nitrogen and oxygen atoms in total. The van der Waals surface area contributed by atoms with Crippen LogP contribution in [0.2, 0.25) is 0 Å². The fraction of sp³-hybridized carbons (Fsp3) is 0.235. The molecule has 0 heterocycles.